The largest absolute Gasteiger partial charge is 0.207 e. The van der Waals surface area contributed by atoms with Crippen LogP contribution in [0.4, 0.5) is 4.39 Å². The number of aromatic nitrogens is 2. The standard InChI is InChI=1S/C9H6BrFN2S/c1-5-2-3-6(4-7(5)11)8-12-13-9(10)14-8/h2-4H,1H3. The molecule has 1 heterocycles. The Kier molecular flexibility index (Phi) is 2.60. The smallest absolute Gasteiger partial charge is 0.183 e. The van der Waals surface area contributed by atoms with Crippen LogP contribution in [-0.4, -0.2) is 10.2 Å². The fraction of sp³-hybridized carbons (Fsp3) is 0.111. The molecule has 0 fully saturated rings. The summed E-state index contributed by atoms with van der Waals surface area (Å²) in [7, 11) is 0. The molecule has 5 heteroatoms. The molecule has 0 N–H and O–H groups in total. The van der Waals surface area contributed by atoms with E-state index in [1.54, 1.807) is 13.0 Å². The van der Waals surface area contributed by atoms with Gasteiger partial charge in [0.2, 0.25) is 0 Å². The van der Waals surface area contributed by atoms with E-state index < -0.39 is 0 Å². The molecule has 0 saturated heterocycles. The number of benzene rings is 1. The van der Waals surface area contributed by atoms with E-state index in [1.807, 2.05) is 6.07 Å². The molecule has 0 saturated carbocycles. The van der Waals surface area contributed by atoms with Gasteiger partial charge < -0.3 is 0 Å². The van der Waals surface area contributed by atoms with Crippen LogP contribution < -0.4 is 0 Å². The summed E-state index contributed by atoms with van der Waals surface area (Å²) in [5, 5.41) is 8.44. The Balaban J connectivity index is 2.47. The predicted octanol–water partition coefficient (Wildman–Crippen LogP) is 3.42. The summed E-state index contributed by atoms with van der Waals surface area (Å²) < 4.78 is 13.9. The zero-order valence-electron chi connectivity index (χ0n) is 7.29. The Labute approximate surface area is 92.9 Å². The van der Waals surface area contributed by atoms with Crippen LogP contribution in [0.5, 0.6) is 0 Å². The summed E-state index contributed by atoms with van der Waals surface area (Å²) in [4.78, 5) is 0. The molecule has 0 aliphatic carbocycles. The van der Waals surface area contributed by atoms with Crippen LogP contribution in [-0.2, 0) is 0 Å². The molecule has 1 aromatic heterocycles. The molecule has 0 unspecified atom stereocenters. The van der Waals surface area contributed by atoms with Gasteiger partial charge in [-0.05, 0) is 34.5 Å². The summed E-state index contributed by atoms with van der Waals surface area (Å²) in [5.41, 5.74) is 1.40. The molecular weight excluding hydrogens is 267 g/mol. The molecule has 0 bridgehead atoms. The average Bonchev–Trinajstić information content (AvgIpc) is 2.57. The lowest BCUT2D eigenvalue weighted by Gasteiger charge is -1.98. The van der Waals surface area contributed by atoms with Gasteiger partial charge in [-0.15, -0.1) is 10.2 Å². The Morgan fingerprint density at radius 2 is 2.14 bits per heavy atom. The lowest BCUT2D eigenvalue weighted by atomic mass is 10.1. The van der Waals surface area contributed by atoms with Gasteiger partial charge in [0.15, 0.2) is 3.92 Å². The highest BCUT2D eigenvalue weighted by Gasteiger charge is 2.06. The van der Waals surface area contributed by atoms with Gasteiger partial charge in [0.1, 0.15) is 10.8 Å². The van der Waals surface area contributed by atoms with Gasteiger partial charge >= 0.3 is 0 Å². The molecule has 1 aromatic carbocycles. The van der Waals surface area contributed by atoms with E-state index in [4.69, 9.17) is 0 Å². The van der Waals surface area contributed by atoms with E-state index in [-0.39, 0.29) is 5.82 Å². The van der Waals surface area contributed by atoms with Crippen LogP contribution in [0.3, 0.4) is 0 Å². The molecule has 2 aromatic rings. The summed E-state index contributed by atoms with van der Waals surface area (Å²) in [6.07, 6.45) is 0. The van der Waals surface area contributed by atoms with Crippen molar-refractivity contribution < 1.29 is 4.39 Å². The van der Waals surface area contributed by atoms with Crippen molar-refractivity contribution in [1.82, 2.24) is 10.2 Å². The Bertz CT molecular complexity index is 470. The van der Waals surface area contributed by atoms with Gasteiger partial charge in [0.25, 0.3) is 0 Å². The maximum absolute atomic E-state index is 13.2. The third kappa shape index (κ3) is 1.83. The first-order chi connectivity index (χ1) is 6.66. The molecule has 0 aliphatic heterocycles. The van der Waals surface area contributed by atoms with Crippen molar-refractivity contribution in [2.45, 2.75) is 6.92 Å². The SMILES string of the molecule is Cc1ccc(-c2nnc(Br)s2)cc1F. The van der Waals surface area contributed by atoms with Gasteiger partial charge in [-0.3, -0.25) is 0 Å². The monoisotopic (exact) mass is 272 g/mol. The minimum absolute atomic E-state index is 0.214. The van der Waals surface area contributed by atoms with Gasteiger partial charge in [0.05, 0.1) is 0 Å². The molecule has 0 aliphatic rings. The maximum Gasteiger partial charge on any atom is 0.183 e. The second kappa shape index (κ2) is 3.74. The Morgan fingerprint density at radius 1 is 1.36 bits per heavy atom. The lowest BCUT2D eigenvalue weighted by Crippen LogP contribution is -1.83. The van der Waals surface area contributed by atoms with Crippen LogP contribution in [0.1, 0.15) is 5.56 Å². The fourth-order valence-corrected chi connectivity index (χ4v) is 2.15. The highest BCUT2D eigenvalue weighted by atomic mass is 79.9. The number of hydrogen-bond donors (Lipinski definition) is 0. The van der Waals surface area contributed by atoms with E-state index in [9.17, 15) is 4.39 Å². The number of halogens is 2. The molecular formula is C9H6BrFN2S. The van der Waals surface area contributed by atoms with Crippen LogP contribution >= 0.6 is 27.3 Å². The van der Waals surface area contributed by atoms with Crippen molar-refractivity contribution in [3.05, 3.63) is 33.5 Å². The van der Waals surface area contributed by atoms with Crippen molar-refractivity contribution in [3.63, 3.8) is 0 Å². The first-order valence-electron chi connectivity index (χ1n) is 3.92. The van der Waals surface area contributed by atoms with Crippen molar-refractivity contribution in [3.8, 4) is 10.6 Å². The van der Waals surface area contributed by atoms with Crippen LogP contribution in [0, 0.1) is 12.7 Å². The van der Waals surface area contributed by atoms with E-state index in [0.717, 1.165) is 10.6 Å². The predicted molar refractivity (Wildman–Crippen MR) is 57.7 cm³/mol. The summed E-state index contributed by atoms with van der Waals surface area (Å²) >= 11 is 4.60. The van der Waals surface area contributed by atoms with Gasteiger partial charge in [0, 0.05) is 5.56 Å². The number of nitrogens with zero attached hydrogens (tertiary/aromatic N) is 2. The van der Waals surface area contributed by atoms with Gasteiger partial charge in [-0.1, -0.05) is 23.5 Å². The quantitative estimate of drug-likeness (QED) is 0.795. The van der Waals surface area contributed by atoms with Crippen molar-refractivity contribution in [2.24, 2.45) is 0 Å². The second-order valence-electron chi connectivity index (χ2n) is 2.82. The molecule has 14 heavy (non-hydrogen) atoms. The minimum atomic E-state index is -0.214. The molecule has 72 valence electrons. The van der Waals surface area contributed by atoms with E-state index in [0.29, 0.717) is 9.48 Å². The minimum Gasteiger partial charge on any atom is -0.207 e. The third-order valence-electron chi connectivity index (χ3n) is 1.82. The normalized spacial score (nSPS) is 10.5. The van der Waals surface area contributed by atoms with E-state index in [1.165, 1.54) is 17.4 Å². The molecule has 0 spiro atoms. The second-order valence-corrected chi connectivity index (χ2v) is 5.08. The lowest BCUT2D eigenvalue weighted by molar-refractivity contribution is 0.619. The number of aryl methyl sites for hydroxylation is 1. The summed E-state index contributed by atoms with van der Waals surface area (Å²) in [5.74, 6) is -0.214. The van der Waals surface area contributed by atoms with Crippen LogP contribution in [0.15, 0.2) is 22.1 Å². The topological polar surface area (TPSA) is 25.8 Å². The van der Waals surface area contributed by atoms with Gasteiger partial charge in [-0.25, -0.2) is 4.39 Å². The molecule has 0 amide bonds. The number of hydrogen-bond acceptors (Lipinski definition) is 3. The average molecular weight is 273 g/mol. The Hall–Kier alpha value is -0.810. The van der Waals surface area contributed by atoms with E-state index in [2.05, 4.69) is 26.1 Å². The van der Waals surface area contributed by atoms with Crippen molar-refractivity contribution in [2.75, 3.05) is 0 Å². The summed E-state index contributed by atoms with van der Waals surface area (Å²) in [6, 6.07) is 5.05. The van der Waals surface area contributed by atoms with Crippen molar-refractivity contribution in [1.29, 1.82) is 0 Å². The van der Waals surface area contributed by atoms with Crippen molar-refractivity contribution >= 4 is 27.3 Å². The third-order valence-corrected chi connectivity index (χ3v) is 3.22. The zero-order chi connectivity index (χ0) is 10.1. The molecule has 2 nitrogen and oxygen atoms in total. The maximum atomic E-state index is 13.2. The zero-order valence-corrected chi connectivity index (χ0v) is 9.69. The number of rotatable bonds is 1. The highest BCUT2D eigenvalue weighted by molar-refractivity contribution is 9.11. The Morgan fingerprint density at radius 3 is 2.71 bits per heavy atom. The fourth-order valence-electron chi connectivity index (χ4n) is 1.05. The van der Waals surface area contributed by atoms with E-state index >= 15 is 0 Å². The van der Waals surface area contributed by atoms with Gasteiger partial charge in [-0.2, -0.15) is 0 Å². The first kappa shape index (κ1) is 9.73. The molecule has 2 rings (SSSR count). The first-order valence-corrected chi connectivity index (χ1v) is 5.53. The van der Waals surface area contributed by atoms with Crippen LogP contribution in [0.2, 0.25) is 0 Å². The summed E-state index contributed by atoms with van der Waals surface area (Å²) in [6.45, 7) is 1.73. The molecule has 0 atom stereocenters. The van der Waals surface area contributed by atoms with Crippen LogP contribution in [0.25, 0.3) is 10.6 Å². The highest BCUT2D eigenvalue weighted by Crippen LogP contribution is 2.27. The molecule has 0 radical (unpaired) electrons.